The lowest BCUT2D eigenvalue weighted by molar-refractivity contribution is 0.474. The molecule has 4 N–H and O–H groups in total. The standard InChI is InChI=1S/C26H34N6O2/c1-5-31(6-2)21-11-9-19(25(33)13-21)17-29-23(15-27)24(16-28)30-18-20-10-12-22(14-26(20)34)32(7-3)8-4/h9-14,17-18,33-34H,5-8,15,27H2,1-4H3/b24-23-,29-17?,30-18?. The Morgan fingerprint density at radius 3 is 1.65 bits per heavy atom. The molecule has 180 valence electrons. The summed E-state index contributed by atoms with van der Waals surface area (Å²) in [6, 6.07) is 12.7. The third kappa shape index (κ3) is 6.59. The molecular formula is C26H34N6O2. The number of phenols is 2. The summed E-state index contributed by atoms with van der Waals surface area (Å²) in [7, 11) is 0. The van der Waals surface area contributed by atoms with Gasteiger partial charge in [0.05, 0.1) is 5.70 Å². The molecule has 0 bridgehead atoms. The van der Waals surface area contributed by atoms with Crippen LogP contribution in [0.4, 0.5) is 11.4 Å². The summed E-state index contributed by atoms with van der Waals surface area (Å²) >= 11 is 0. The summed E-state index contributed by atoms with van der Waals surface area (Å²) in [4.78, 5) is 12.8. The van der Waals surface area contributed by atoms with Crippen LogP contribution in [0.25, 0.3) is 0 Å². The Bertz CT molecular complexity index is 1090. The van der Waals surface area contributed by atoms with E-state index in [1.54, 1.807) is 24.3 Å². The second-order valence-electron chi connectivity index (χ2n) is 7.46. The van der Waals surface area contributed by atoms with E-state index in [1.165, 1.54) is 12.4 Å². The first-order valence-electron chi connectivity index (χ1n) is 11.5. The fourth-order valence-corrected chi connectivity index (χ4v) is 3.51. The van der Waals surface area contributed by atoms with Gasteiger partial charge in [0, 0.05) is 79.8 Å². The van der Waals surface area contributed by atoms with Crippen molar-refractivity contribution in [1.29, 1.82) is 5.26 Å². The number of phenolic OH excluding ortho intramolecular Hbond substituents is 2. The Balaban J connectivity index is 2.29. The first kappa shape index (κ1) is 26.4. The van der Waals surface area contributed by atoms with Gasteiger partial charge >= 0.3 is 0 Å². The van der Waals surface area contributed by atoms with Crippen LogP contribution in [-0.4, -0.2) is 55.4 Å². The number of allylic oxidation sites excluding steroid dienone is 1. The van der Waals surface area contributed by atoms with E-state index in [4.69, 9.17) is 5.73 Å². The molecule has 0 atom stereocenters. The molecule has 0 aliphatic heterocycles. The number of rotatable bonds is 11. The second-order valence-corrected chi connectivity index (χ2v) is 7.46. The summed E-state index contributed by atoms with van der Waals surface area (Å²) in [6.45, 7) is 11.5. The Hall–Kier alpha value is -3.83. The normalized spacial score (nSPS) is 12.1. The van der Waals surface area contributed by atoms with Crippen molar-refractivity contribution < 1.29 is 10.2 Å². The highest BCUT2D eigenvalue weighted by Gasteiger charge is 2.09. The molecule has 2 aromatic carbocycles. The molecule has 0 fully saturated rings. The van der Waals surface area contributed by atoms with Gasteiger partial charge in [0.2, 0.25) is 0 Å². The number of nitriles is 1. The second kappa shape index (κ2) is 13.0. The maximum atomic E-state index is 10.4. The maximum absolute atomic E-state index is 10.4. The van der Waals surface area contributed by atoms with Crippen LogP contribution in [0.3, 0.4) is 0 Å². The average molecular weight is 463 g/mol. The monoisotopic (exact) mass is 462 g/mol. The topological polar surface area (TPSA) is 121 Å². The van der Waals surface area contributed by atoms with Crippen molar-refractivity contribution >= 4 is 23.8 Å². The van der Waals surface area contributed by atoms with Gasteiger partial charge < -0.3 is 25.7 Å². The number of aliphatic imine (C=N–C) groups is 2. The van der Waals surface area contributed by atoms with Gasteiger partial charge in [-0.1, -0.05) is 0 Å². The average Bonchev–Trinajstić information content (AvgIpc) is 2.84. The molecule has 0 radical (unpaired) electrons. The van der Waals surface area contributed by atoms with Gasteiger partial charge in [-0.2, -0.15) is 5.26 Å². The first-order chi connectivity index (χ1) is 16.4. The van der Waals surface area contributed by atoms with Crippen LogP contribution < -0.4 is 15.5 Å². The fraction of sp³-hybridized carbons (Fsp3) is 0.346. The molecule has 2 rings (SSSR count). The SMILES string of the molecule is CCN(CC)c1ccc(C=N/C(C#N)=C(/CN)N=Cc2ccc(N(CC)CC)cc2O)c(O)c1. The Labute approximate surface area is 202 Å². The predicted molar refractivity (Wildman–Crippen MR) is 140 cm³/mol. The molecule has 0 heterocycles. The first-order valence-corrected chi connectivity index (χ1v) is 11.5. The Morgan fingerprint density at radius 2 is 1.29 bits per heavy atom. The maximum Gasteiger partial charge on any atom is 0.163 e. The predicted octanol–water partition coefficient (Wildman–Crippen LogP) is 4.02. The zero-order chi connectivity index (χ0) is 25.1. The molecule has 2 aromatic rings. The van der Waals surface area contributed by atoms with Crippen LogP contribution in [0.15, 0.2) is 57.8 Å². The number of benzene rings is 2. The Morgan fingerprint density at radius 1 is 0.853 bits per heavy atom. The zero-order valence-corrected chi connectivity index (χ0v) is 20.4. The lowest BCUT2D eigenvalue weighted by atomic mass is 10.1. The van der Waals surface area contributed by atoms with E-state index in [0.717, 1.165) is 37.6 Å². The molecule has 8 heteroatoms. The van der Waals surface area contributed by atoms with E-state index in [1.807, 2.05) is 32.0 Å². The van der Waals surface area contributed by atoms with E-state index in [0.29, 0.717) is 11.1 Å². The molecular weight excluding hydrogens is 428 g/mol. The van der Waals surface area contributed by atoms with Crippen LogP contribution in [-0.2, 0) is 0 Å². The van der Waals surface area contributed by atoms with E-state index in [9.17, 15) is 15.5 Å². The zero-order valence-electron chi connectivity index (χ0n) is 20.4. The number of nitrogens with two attached hydrogens (primary N) is 1. The molecule has 0 saturated carbocycles. The van der Waals surface area contributed by atoms with Gasteiger partial charge in [0.25, 0.3) is 0 Å². The van der Waals surface area contributed by atoms with Crippen LogP contribution >= 0.6 is 0 Å². The summed E-state index contributed by atoms with van der Waals surface area (Å²) in [5.74, 6) is 0.159. The van der Waals surface area contributed by atoms with Gasteiger partial charge in [0.1, 0.15) is 17.6 Å². The summed E-state index contributed by atoms with van der Waals surface area (Å²) in [5.41, 5.74) is 8.93. The molecule has 0 spiro atoms. The third-order valence-electron chi connectivity index (χ3n) is 5.55. The number of aromatic hydroxyl groups is 2. The largest absolute Gasteiger partial charge is 0.507 e. The van der Waals surface area contributed by atoms with Gasteiger partial charge in [-0.05, 0) is 52.0 Å². The molecule has 34 heavy (non-hydrogen) atoms. The lowest BCUT2D eigenvalue weighted by Gasteiger charge is -2.21. The molecule has 0 aliphatic carbocycles. The molecule has 0 saturated heterocycles. The van der Waals surface area contributed by atoms with Crippen LogP contribution in [0, 0.1) is 11.3 Å². The van der Waals surface area contributed by atoms with E-state index >= 15 is 0 Å². The van der Waals surface area contributed by atoms with Crippen molar-refractivity contribution in [2.24, 2.45) is 15.7 Å². The van der Waals surface area contributed by atoms with Crippen LogP contribution in [0.5, 0.6) is 11.5 Å². The van der Waals surface area contributed by atoms with E-state index < -0.39 is 0 Å². The molecule has 0 aromatic heterocycles. The molecule has 8 nitrogen and oxygen atoms in total. The van der Waals surface area contributed by atoms with Crippen LogP contribution in [0.1, 0.15) is 38.8 Å². The van der Waals surface area contributed by atoms with Gasteiger partial charge in [-0.25, -0.2) is 4.99 Å². The summed E-state index contributed by atoms with van der Waals surface area (Å²) < 4.78 is 0. The summed E-state index contributed by atoms with van der Waals surface area (Å²) in [5, 5.41) is 30.4. The van der Waals surface area contributed by atoms with Crippen molar-refractivity contribution in [1.82, 2.24) is 0 Å². The minimum Gasteiger partial charge on any atom is -0.507 e. The van der Waals surface area contributed by atoms with Crippen molar-refractivity contribution in [2.75, 3.05) is 42.5 Å². The third-order valence-corrected chi connectivity index (χ3v) is 5.55. The highest BCUT2D eigenvalue weighted by atomic mass is 16.3. The smallest absolute Gasteiger partial charge is 0.163 e. The number of anilines is 2. The Kier molecular flexibility index (Phi) is 10.1. The van der Waals surface area contributed by atoms with E-state index in [-0.39, 0.29) is 29.4 Å². The van der Waals surface area contributed by atoms with Crippen LogP contribution in [0.2, 0.25) is 0 Å². The molecule has 0 aliphatic rings. The van der Waals surface area contributed by atoms with Crippen molar-refractivity contribution in [3.05, 3.63) is 58.9 Å². The summed E-state index contributed by atoms with van der Waals surface area (Å²) in [6.07, 6.45) is 2.88. The van der Waals surface area contributed by atoms with Crippen molar-refractivity contribution in [3.63, 3.8) is 0 Å². The van der Waals surface area contributed by atoms with Gasteiger partial charge in [-0.3, -0.25) is 4.99 Å². The van der Waals surface area contributed by atoms with Crippen molar-refractivity contribution in [2.45, 2.75) is 27.7 Å². The lowest BCUT2D eigenvalue weighted by Crippen LogP contribution is -2.21. The minimum absolute atomic E-state index is 0.0120. The molecule has 0 unspecified atom stereocenters. The fourth-order valence-electron chi connectivity index (χ4n) is 3.51. The minimum atomic E-state index is -0.0120. The number of hydrogen-bond acceptors (Lipinski definition) is 8. The quantitative estimate of drug-likeness (QED) is 0.342. The van der Waals surface area contributed by atoms with Gasteiger partial charge in [0.15, 0.2) is 5.70 Å². The van der Waals surface area contributed by atoms with E-state index in [2.05, 4.69) is 33.6 Å². The number of hydrogen-bond donors (Lipinski definition) is 3. The molecule has 0 amide bonds. The van der Waals surface area contributed by atoms with Gasteiger partial charge in [-0.15, -0.1) is 0 Å². The highest BCUT2D eigenvalue weighted by molar-refractivity contribution is 5.86. The number of nitrogens with zero attached hydrogens (tertiary/aromatic N) is 5. The highest BCUT2D eigenvalue weighted by Crippen LogP contribution is 2.25. The van der Waals surface area contributed by atoms with Crippen molar-refractivity contribution in [3.8, 4) is 17.6 Å².